The highest BCUT2D eigenvalue weighted by Crippen LogP contribution is 2.29. The van der Waals surface area contributed by atoms with E-state index in [2.05, 4.69) is 21.2 Å². The summed E-state index contributed by atoms with van der Waals surface area (Å²) in [7, 11) is 3.84. The quantitative estimate of drug-likeness (QED) is 0.850. The van der Waals surface area contributed by atoms with Crippen molar-refractivity contribution in [2.45, 2.75) is 6.92 Å². The molecule has 0 saturated carbocycles. The molecule has 0 spiro atoms. The van der Waals surface area contributed by atoms with Crippen LogP contribution in [0.5, 0.6) is 0 Å². The highest BCUT2D eigenvalue weighted by molar-refractivity contribution is 9.10. The fraction of sp³-hybridized carbons (Fsp3) is 0.188. The van der Waals surface area contributed by atoms with E-state index in [0.717, 1.165) is 15.7 Å². The van der Waals surface area contributed by atoms with Crippen molar-refractivity contribution in [1.29, 1.82) is 0 Å². The number of halogens is 2. The zero-order valence-corrected chi connectivity index (χ0v) is 14.4. The van der Waals surface area contributed by atoms with Crippen molar-refractivity contribution in [3.8, 4) is 0 Å². The van der Waals surface area contributed by atoms with Crippen molar-refractivity contribution < 1.29 is 4.79 Å². The Labute approximate surface area is 138 Å². The number of nitrogens with one attached hydrogen (secondary N) is 1. The van der Waals surface area contributed by atoms with Crippen molar-refractivity contribution in [2.24, 2.45) is 0 Å². The molecule has 0 radical (unpaired) electrons. The van der Waals surface area contributed by atoms with E-state index < -0.39 is 0 Å². The zero-order valence-electron chi connectivity index (χ0n) is 12.1. The van der Waals surface area contributed by atoms with Gasteiger partial charge < -0.3 is 10.2 Å². The molecule has 110 valence electrons. The summed E-state index contributed by atoms with van der Waals surface area (Å²) in [5.41, 5.74) is 3.20. The Morgan fingerprint density at radius 1 is 1.24 bits per heavy atom. The summed E-state index contributed by atoms with van der Waals surface area (Å²) in [5.74, 6) is -0.170. The van der Waals surface area contributed by atoms with Crippen LogP contribution in [0.15, 0.2) is 40.9 Å². The summed E-state index contributed by atoms with van der Waals surface area (Å²) in [5, 5.41) is 3.50. The summed E-state index contributed by atoms with van der Waals surface area (Å²) < 4.78 is 0.802. The van der Waals surface area contributed by atoms with Gasteiger partial charge in [-0.25, -0.2) is 0 Å². The summed E-state index contributed by atoms with van der Waals surface area (Å²) in [6.07, 6.45) is 0. The summed E-state index contributed by atoms with van der Waals surface area (Å²) in [6.45, 7) is 1.95. The van der Waals surface area contributed by atoms with E-state index in [-0.39, 0.29) is 5.91 Å². The average Bonchev–Trinajstić information content (AvgIpc) is 2.41. The molecule has 2 rings (SSSR count). The number of anilines is 2. The van der Waals surface area contributed by atoms with Crippen molar-refractivity contribution >= 4 is 44.8 Å². The molecule has 21 heavy (non-hydrogen) atoms. The van der Waals surface area contributed by atoms with Gasteiger partial charge in [0.05, 0.1) is 16.9 Å². The first-order valence-corrected chi connectivity index (χ1v) is 7.60. The lowest BCUT2D eigenvalue weighted by molar-refractivity contribution is 0.102. The lowest BCUT2D eigenvalue weighted by atomic mass is 10.1. The molecule has 0 heterocycles. The maximum absolute atomic E-state index is 12.5. The van der Waals surface area contributed by atoms with E-state index in [1.54, 1.807) is 18.2 Å². The normalized spacial score (nSPS) is 10.3. The third kappa shape index (κ3) is 3.57. The van der Waals surface area contributed by atoms with Crippen LogP contribution in [0.2, 0.25) is 5.02 Å². The van der Waals surface area contributed by atoms with Gasteiger partial charge in [-0.15, -0.1) is 0 Å². The first kappa shape index (κ1) is 15.9. The molecular formula is C16H16BrClN2O. The largest absolute Gasteiger partial charge is 0.376 e. The van der Waals surface area contributed by atoms with E-state index in [4.69, 9.17) is 11.6 Å². The van der Waals surface area contributed by atoms with Gasteiger partial charge >= 0.3 is 0 Å². The highest BCUT2D eigenvalue weighted by Gasteiger charge is 2.14. The number of benzene rings is 2. The molecule has 0 aliphatic heterocycles. The predicted octanol–water partition coefficient (Wildman–Crippen LogP) is 4.73. The lowest BCUT2D eigenvalue weighted by Crippen LogP contribution is -2.17. The Hall–Kier alpha value is -1.52. The van der Waals surface area contributed by atoms with E-state index in [9.17, 15) is 4.79 Å². The number of carbonyl (C=O) groups excluding carboxylic acids is 1. The fourth-order valence-corrected chi connectivity index (χ4v) is 2.63. The second-order valence-corrected chi connectivity index (χ2v) is 6.18. The van der Waals surface area contributed by atoms with Crippen molar-refractivity contribution in [1.82, 2.24) is 0 Å². The molecule has 5 heteroatoms. The standard InChI is InChI=1S/C16H16BrClN2O/c1-10-5-4-6-12(15(10)17)16(21)19-13-9-11(18)7-8-14(13)20(2)3/h4-9H,1-3H3,(H,19,21). The molecule has 0 atom stereocenters. The molecule has 0 saturated heterocycles. The molecule has 0 bridgehead atoms. The molecule has 3 nitrogen and oxygen atoms in total. The second-order valence-electron chi connectivity index (χ2n) is 4.95. The Kier molecular flexibility index (Phi) is 4.91. The van der Waals surface area contributed by atoms with E-state index in [1.165, 1.54) is 0 Å². The Morgan fingerprint density at radius 3 is 2.62 bits per heavy atom. The average molecular weight is 368 g/mol. The lowest BCUT2D eigenvalue weighted by Gasteiger charge is -2.18. The molecule has 1 N–H and O–H groups in total. The van der Waals surface area contributed by atoms with E-state index in [1.807, 2.05) is 44.1 Å². The first-order valence-electron chi connectivity index (χ1n) is 6.43. The molecule has 0 unspecified atom stereocenters. The van der Waals surface area contributed by atoms with Gasteiger partial charge in [-0.2, -0.15) is 0 Å². The number of rotatable bonds is 3. The molecule has 1 amide bonds. The summed E-state index contributed by atoms with van der Waals surface area (Å²) in [4.78, 5) is 14.4. The number of amides is 1. The third-order valence-corrected chi connectivity index (χ3v) is 4.41. The fourth-order valence-electron chi connectivity index (χ4n) is 2.01. The van der Waals surface area contributed by atoms with Gasteiger partial charge in [0.25, 0.3) is 5.91 Å². The predicted molar refractivity (Wildman–Crippen MR) is 92.6 cm³/mol. The minimum absolute atomic E-state index is 0.170. The van der Waals surface area contributed by atoms with Gasteiger partial charge in [-0.3, -0.25) is 4.79 Å². The molecule has 2 aromatic rings. The van der Waals surface area contributed by atoms with Crippen LogP contribution in [0.1, 0.15) is 15.9 Å². The summed E-state index contributed by atoms with van der Waals surface area (Å²) in [6, 6.07) is 11.0. The van der Waals surface area contributed by atoms with Crippen LogP contribution >= 0.6 is 27.5 Å². The number of nitrogens with zero attached hydrogens (tertiary/aromatic N) is 1. The van der Waals surface area contributed by atoms with Crippen LogP contribution in [0.4, 0.5) is 11.4 Å². The van der Waals surface area contributed by atoms with E-state index in [0.29, 0.717) is 16.3 Å². The molecule has 0 aliphatic carbocycles. The van der Waals surface area contributed by atoms with Crippen LogP contribution < -0.4 is 10.2 Å². The third-order valence-electron chi connectivity index (χ3n) is 3.13. The minimum atomic E-state index is -0.170. The maximum Gasteiger partial charge on any atom is 0.256 e. The Balaban J connectivity index is 2.36. The molecule has 2 aromatic carbocycles. The Bertz CT molecular complexity index is 686. The first-order chi connectivity index (χ1) is 9.90. The molecule has 0 aliphatic rings. The minimum Gasteiger partial charge on any atom is -0.376 e. The van der Waals surface area contributed by atoms with Gasteiger partial charge in [0.1, 0.15) is 0 Å². The molecular weight excluding hydrogens is 352 g/mol. The van der Waals surface area contributed by atoms with Crippen LogP contribution in [0.3, 0.4) is 0 Å². The van der Waals surface area contributed by atoms with Gasteiger partial charge in [0, 0.05) is 23.6 Å². The Morgan fingerprint density at radius 2 is 1.95 bits per heavy atom. The van der Waals surface area contributed by atoms with E-state index >= 15 is 0 Å². The van der Waals surface area contributed by atoms with Gasteiger partial charge in [-0.1, -0.05) is 23.7 Å². The SMILES string of the molecule is Cc1cccc(C(=O)Nc2cc(Cl)ccc2N(C)C)c1Br. The van der Waals surface area contributed by atoms with Crippen molar-refractivity contribution in [3.05, 3.63) is 57.0 Å². The maximum atomic E-state index is 12.5. The molecule has 0 fully saturated rings. The number of hydrogen-bond donors (Lipinski definition) is 1. The zero-order chi connectivity index (χ0) is 15.6. The van der Waals surface area contributed by atoms with Gasteiger partial charge in [0.2, 0.25) is 0 Å². The summed E-state index contributed by atoms with van der Waals surface area (Å²) >= 11 is 9.49. The van der Waals surface area contributed by atoms with Crippen molar-refractivity contribution in [2.75, 3.05) is 24.3 Å². The van der Waals surface area contributed by atoms with Crippen LogP contribution in [-0.2, 0) is 0 Å². The highest BCUT2D eigenvalue weighted by atomic mass is 79.9. The van der Waals surface area contributed by atoms with Crippen LogP contribution in [0, 0.1) is 6.92 Å². The topological polar surface area (TPSA) is 32.3 Å². The number of carbonyl (C=O) groups is 1. The monoisotopic (exact) mass is 366 g/mol. The molecule has 0 aromatic heterocycles. The van der Waals surface area contributed by atoms with Crippen molar-refractivity contribution in [3.63, 3.8) is 0 Å². The smallest absolute Gasteiger partial charge is 0.256 e. The van der Waals surface area contributed by atoms with Crippen LogP contribution in [0.25, 0.3) is 0 Å². The number of hydrogen-bond acceptors (Lipinski definition) is 2. The van der Waals surface area contributed by atoms with Gasteiger partial charge in [-0.05, 0) is 52.7 Å². The number of aryl methyl sites for hydroxylation is 1. The van der Waals surface area contributed by atoms with Gasteiger partial charge in [0.15, 0.2) is 0 Å². The van der Waals surface area contributed by atoms with Crippen LogP contribution in [-0.4, -0.2) is 20.0 Å². The second kappa shape index (κ2) is 6.50.